The van der Waals surface area contributed by atoms with Crippen LogP contribution < -0.4 is 5.32 Å². The molecule has 0 spiro atoms. The molecule has 2 bridgehead atoms. The molecule has 3 aliphatic rings. The zero-order chi connectivity index (χ0) is 27.9. The molecule has 3 aromatic carbocycles. The van der Waals surface area contributed by atoms with Crippen LogP contribution in [0.3, 0.4) is 0 Å². The number of methoxy groups -OCH3 is 1. The maximum absolute atomic E-state index is 13.2. The minimum atomic E-state index is -1.93. The first-order chi connectivity index (χ1) is 18.9. The number of nitrogens with zero attached hydrogens (tertiary/aromatic N) is 2. The molecule has 5 heterocycles. The number of ether oxygens (including phenoxy) is 2. The number of esters is 1. The van der Waals surface area contributed by atoms with Crippen molar-refractivity contribution in [1.82, 2.24) is 14.5 Å². The van der Waals surface area contributed by atoms with Gasteiger partial charge in [0, 0.05) is 48.7 Å². The number of aliphatic hydroxyl groups excluding tert-OH is 2. The summed E-state index contributed by atoms with van der Waals surface area (Å²) in [5, 5.41) is 32.7. The molecule has 1 saturated heterocycles. The maximum atomic E-state index is 13.2. The fourth-order valence-electron chi connectivity index (χ4n) is 6.89. The number of amides is 1. The fourth-order valence-corrected chi connectivity index (χ4v) is 6.89. The van der Waals surface area contributed by atoms with E-state index in [-0.39, 0.29) is 12.3 Å². The first-order valence-electron chi connectivity index (χ1n) is 12.6. The number of hydrogen-bond acceptors (Lipinski definition) is 7. The summed E-state index contributed by atoms with van der Waals surface area (Å²) >= 11 is 0. The van der Waals surface area contributed by atoms with E-state index in [4.69, 9.17) is 19.7 Å². The highest BCUT2D eigenvalue weighted by Gasteiger charge is 2.65. The van der Waals surface area contributed by atoms with Crippen LogP contribution >= 0.6 is 0 Å². The van der Waals surface area contributed by atoms with Crippen LogP contribution in [0.2, 0.25) is 0 Å². The number of rotatable bonds is 1. The van der Waals surface area contributed by atoms with E-state index in [1.165, 1.54) is 7.11 Å². The standard InChI is InChI=1S/C27H21N3O5.2CH4O/c1-26-27(33,25(32)34-2)11-18(35-26)29-16-9-5-3-7-13(16)20-21-15(12-28-24(21)31)19-14-8-4-6-10-17(14)30(26)23(19)22(20)29;2*1-2/h3-10,18,33H,11-12H2,1-2H3,(H,28,31);2*2H,1H3. The second-order valence-electron chi connectivity index (χ2n) is 9.83. The van der Waals surface area contributed by atoms with Crippen molar-refractivity contribution in [3.63, 3.8) is 0 Å². The highest BCUT2D eigenvalue weighted by atomic mass is 16.6. The summed E-state index contributed by atoms with van der Waals surface area (Å²) in [6, 6.07) is 15.8. The Morgan fingerprint density at radius 3 is 2.28 bits per heavy atom. The predicted molar refractivity (Wildman–Crippen MR) is 145 cm³/mol. The lowest BCUT2D eigenvalue weighted by atomic mass is 9.88. The number of carbonyl (C=O) groups excluding carboxylic acids is 2. The summed E-state index contributed by atoms with van der Waals surface area (Å²) in [5.41, 5.74) is 1.69. The molecule has 5 aromatic rings. The molecule has 2 aromatic heterocycles. The van der Waals surface area contributed by atoms with Gasteiger partial charge in [-0.1, -0.05) is 36.4 Å². The van der Waals surface area contributed by atoms with Gasteiger partial charge < -0.3 is 39.2 Å². The van der Waals surface area contributed by atoms with Crippen LogP contribution in [0.5, 0.6) is 0 Å². The molecule has 4 N–H and O–H groups in total. The van der Waals surface area contributed by atoms with Gasteiger partial charge in [-0.15, -0.1) is 0 Å². The van der Waals surface area contributed by atoms with Crippen LogP contribution in [0.1, 0.15) is 35.5 Å². The number of para-hydroxylation sites is 2. The van der Waals surface area contributed by atoms with Gasteiger partial charge in [-0.05, 0) is 24.6 Å². The van der Waals surface area contributed by atoms with E-state index < -0.39 is 23.5 Å². The third-order valence-electron chi connectivity index (χ3n) is 8.36. The van der Waals surface area contributed by atoms with Crippen LogP contribution in [0.4, 0.5) is 0 Å². The minimum absolute atomic E-state index is 0.0146. The van der Waals surface area contributed by atoms with Gasteiger partial charge in [0.15, 0.2) is 5.72 Å². The monoisotopic (exact) mass is 531 g/mol. The van der Waals surface area contributed by atoms with Crippen molar-refractivity contribution in [2.45, 2.75) is 37.4 Å². The molecular weight excluding hydrogens is 502 g/mol. The van der Waals surface area contributed by atoms with Crippen LogP contribution in [0.25, 0.3) is 43.6 Å². The summed E-state index contributed by atoms with van der Waals surface area (Å²) in [6.45, 7) is 2.17. The summed E-state index contributed by atoms with van der Waals surface area (Å²) in [6.07, 6.45) is -0.628. The van der Waals surface area contributed by atoms with E-state index in [1.807, 2.05) is 53.1 Å². The Bertz CT molecular complexity index is 1840. The number of benzene rings is 3. The van der Waals surface area contributed by atoms with Crippen LogP contribution in [0, 0.1) is 0 Å². The molecule has 3 unspecified atom stereocenters. The van der Waals surface area contributed by atoms with Gasteiger partial charge in [-0.3, -0.25) is 4.79 Å². The van der Waals surface area contributed by atoms with Crippen LogP contribution in [0.15, 0.2) is 48.5 Å². The van der Waals surface area contributed by atoms with Crippen molar-refractivity contribution < 1.29 is 34.4 Å². The second-order valence-corrected chi connectivity index (χ2v) is 9.83. The molecule has 3 aliphatic heterocycles. The molecule has 0 radical (unpaired) electrons. The van der Waals surface area contributed by atoms with Gasteiger partial charge in [-0.2, -0.15) is 0 Å². The molecule has 3 atom stereocenters. The van der Waals surface area contributed by atoms with Gasteiger partial charge in [0.2, 0.25) is 5.60 Å². The van der Waals surface area contributed by atoms with Gasteiger partial charge in [0.1, 0.15) is 6.23 Å². The van der Waals surface area contributed by atoms with Crippen molar-refractivity contribution in [1.29, 1.82) is 0 Å². The summed E-state index contributed by atoms with van der Waals surface area (Å²) in [5.74, 6) is -0.822. The fraction of sp³-hybridized carbons (Fsp3) is 0.310. The molecule has 39 heavy (non-hydrogen) atoms. The molecule has 1 amide bonds. The zero-order valence-electron chi connectivity index (χ0n) is 22.0. The van der Waals surface area contributed by atoms with Crippen molar-refractivity contribution in [2.24, 2.45) is 0 Å². The molecule has 202 valence electrons. The molecule has 1 fully saturated rings. The number of carbonyl (C=O) groups is 2. The Morgan fingerprint density at radius 1 is 1.00 bits per heavy atom. The van der Waals surface area contributed by atoms with E-state index in [1.54, 1.807) is 6.92 Å². The molecule has 0 saturated carbocycles. The quantitative estimate of drug-likeness (QED) is 0.244. The maximum Gasteiger partial charge on any atom is 0.343 e. The lowest BCUT2D eigenvalue weighted by molar-refractivity contribution is -0.202. The molecule has 10 nitrogen and oxygen atoms in total. The van der Waals surface area contributed by atoms with E-state index in [9.17, 15) is 14.7 Å². The SMILES string of the molecule is CO.CO.COC(=O)C1(O)CC2OC1(C)n1c3ccccc3c3c4c(c5c6ccccc6n2c5c31)C(=O)NC4. The lowest BCUT2D eigenvalue weighted by Crippen LogP contribution is -2.56. The van der Waals surface area contributed by atoms with Gasteiger partial charge in [0.05, 0.1) is 34.7 Å². The number of hydrogen-bond donors (Lipinski definition) is 4. The predicted octanol–water partition coefficient (Wildman–Crippen LogP) is 2.87. The Kier molecular flexibility index (Phi) is 5.53. The zero-order valence-corrected chi connectivity index (χ0v) is 22.0. The van der Waals surface area contributed by atoms with E-state index in [0.717, 1.165) is 63.4 Å². The summed E-state index contributed by atoms with van der Waals surface area (Å²) in [7, 11) is 3.28. The summed E-state index contributed by atoms with van der Waals surface area (Å²) < 4.78 is 15.8. The van der Waals surface area contributed by atoms with Gasteiger partial charge >= 0.3 is 5.97 Å². The average molecular weight is 532 g/mol. The Morgan fingerprint density at radius 2 is 1.62 bits per heavy atom. The first kappa shape index (κ1) is 25.3. The van der Waals surface area contributed by atoms with Gasteiger partial charge in [0.25, 0.3) is 5.91 Å². The molecule has 8 rings (SSSR count). The van der Waals surface area contributed by atoms with E-state index in [2.05, 4.69) is 9.88 Å². The number of aromatic nitrogens is 2. The minimum Gasteiger partial charge on any atom is -0.467 e. The van der Waals surface area contributed by atoms with Crippen LogP contribution in [-0.4, -0.2) is 63.3 Å². The van der Waals surface area contributed by atoms with Crippen molar-refractivity contribution in [3.8, 4) is 0 Å². The highest BCUT2D eigenvalue weighted by Crippen LogP contribution is 2.57. The molecule has 0 aliphatic carbocycles. The third kappa shape index (κ3) is 2.78. The molecule has 10 heteroatoms. The van der Waals surface area contributed by atoms with Crippen molar-refractivity contribution in [3.05, 3.63) is 59.7 Å². The normalized spacial score (nSPS) is 24.3. The molecular formula is C29H29N3O7. The second kappa shape index (κ2) is 8.52. The largest absolute Gasteiger partial charge is 0.467 e. The van der Waals surface area contributed by atoms with E-state index >= 15 is 0 Å². The number of aliphatic hydroxyl groups is 3. The van der Waals surface area contributed by atoms with Crippen molar-refractivity contribution in [2.75, 3.05) is 21.3 Å². The highest BCUT2D eigenvalue weighted by molar-refractivity contribution is 6.31. The number of nitrogens with one attached hydrogen (secondary N) is 1. The summed E-state index contributed by atoms with van der Waals surface area (Å²) in [4.78, 5) is 26.3. The van der Waals surface area contributed by atoms with Crippen molar-refractivity contribution >= 4 is 55.5 Å². The van der Waals surface area contributed by atoms with E-state index in [0.29, 0.717) is 12.1 Å². The van der Waals surface area contributed by atoms with Gasteiger partial charge in [-0.25, -0.2) is 4.79 Å². The first-order valence-corrected chi connectivity index (χ1v) is 12.6. The topological polar surface area (TPSA) is 135 Å². The number of fused-ring (bicyclic) bond motifs is 13. The smallest absolute Gasteiger partial charge is 0.343 e. The third-order valence-corrected chi connectivity index (χ3v) is 8.36. The lowest BCUT2D eigenvalue weighted by Gasteiger charge is -2.37. The average Bonchev–Trinajstić information content (AvgIpc) is 3.67. The Labute approximate surface area is 222 Å². The van der Waals surface area contributed by atoms with Crippen LogP contribution in [-0.2, 0) is 26.5 Å². The Hall–Kier alpha value is -3.96. The Balaban J connectivity index is 0.000000663.